The first-order valence-electron chi connectivity index (χ1n) is 7.39. The van der Waals surface area contributed by atoms with E-state index in [1.807, 2.05) is 29.0 Å². The normalized spacial score (nSPS) is 20.5. The third-order valence-electron chi connectivity index (χ3n) is 4.21. The molecule has 130 valence electrons. The molecule has 0 fully saturated rings. The molecule has 2 aromatic heterocycles. The van der Waals surface area contributed by atoms with Crippen molar-refractivity contribution < 1.29 is 23.1 Å². The highest BCUT2D eigenvalue weighted by atomic mass is 32.1. The minimum Gasteiger partial charge on any atom is -0.380 e. The number of aliphatic hydroxyl groups is 1. The smallest absolute Gasteiger partial charge is 0.380 e. The van der Waals surface area contributed by atoms with E-state index in [1.54, 1.807) is 11.3 Å². The molecule has 2 aromatic rings. The Morgan fingerprint density at radius 3 is 2.71 bits per heavy atom. The van der Waals surface area contributed by atoms with Crippen LogP contribution in [0.4, 0.5) is 13.2 Å². The van der Waals surface area contributed by atoms with Gasteiger partial charge in [-0.1, -0.05) is 6.07 Å². The maximum Gasteiger partial charge on any atom is 0.417 e. The van der Waals surface area contributed by atoms with Gasteiger partial charge in [0.25, 0.3) is 0 Å². The summed E-state index contributed by atoms with van der Waals surface area (Å²) in [5, 5.41) is 13.5. The molecule has 1 aliphatic heterocycles. The highest BCUT2D eigenvalue weighted by Gasteiger charge is 2.52. The zero-order valence-corrected chi connectivity index (χ0v) is 14.5. The summed E-state index contributed by atoms with van der Waals surface area (Å²) >= 11 is 3.06. The number of amides is 1. The number of hydrogen-bond acceptors (Lipinski definition) is 4. The van der Waals surface area contributed by atoms with E-state index in [4.69, 9.17) is 0 Å². The predicted octanol–water partition coefficient (Wildman–Crippen LogP) is 3.99. The van der Waals surface area contributed by atoms with Crippen LogP contribution in [0.1, 0.15) is 34.7 Å². The van der Waals surface area contributed by atoms with Crippen molar-refractivity contribution in [1.82, 2.24) is 4.90 Å². The molecule has 0 radical (unpaired) electrons. The molecule has 0 aliphatic carbocycles. The number of thiophene rings is 2. The summed E-state index contributed by atoms with van der Waals surface area (Å²) in [4.78, 5) is 16.1. The van der Waals surface area contributed by atoms with Crippen LogP contribution < -0.4 is 0 Å². The van der Waals surface area contributed by atoms with Gasteiger partial charge in [-0.15, -0.1) is 22.7 Å². The minimum atomic E-state index is -4.84. The van der Waals surface area contributed by atoms with Crippen LogP contribution >= 0.6 is 22.7 Å². The number of carbonyl (C=O) groups is 1. The van der Waals surface area contributed by atoms with Gasteiger partial charge >= 0.3 is 6.18 Å². The number of carbonyl (C=O) groups excluding carboxylic acids is 1. The van der Waals surface area contributed by atoms with Gasteiger partial charge in [0.15, 0.2) is 5.60 Å². The molecule has 1 aliphatic rings. The van der Waals surface area contributed by atoms with Gasteiger partial charge in [-0.3, -0.25) is 4.79 Å². The first kappa shape index (κ1) is 17.4. The molecule has 8 heteroatoms. The van der Waals surface area contributed by atoms with Gasteiger partial charge in [-0.05, 0) is 41.8 Å². The van der Waals surface area contributed by atoms with Crippen LogP contribution in [0.3, 0.4) is 0 Å². The molecule has 0 spiro atoms. The van der Waals surface area contributed by atoms with Crippen molar-refractivity contribution in [2.75, 3.05) is 6.54 Å². The van der Waals surface area contributed by atoms with E-state index in [2.05, 4.69) is 0 Å². The number of hydrogen-bond donors (Lipinski definition) is 1. The van der Waals surface area contributed by atoms with Gasteiger partial charge < -0.3 is 10.0 Å². The summed E-state index contributed by atoms with van der Waals surface area (Å²) in [6.07, 6.45) is -5.20. The molecule has 0 saturated heterocycles. The molecule has 0 bridgehead atoms. The maximum absolute atomic E-state index is 12.9. The Bertz CT molecular complexity index is 722. The van der Waals surface area contributed by atoms with Gasteiger partial charge in [0, 0.05) is 16.3 Å². The summed E-state index contributed by atoms with van der Waals surface area (Å²) in [5.41, 5.74) is -2.06. The van der Waals surface area contributed by atoms with E-state index in [9.17, 15) is 23.1 Å². The Labute approximate surface area is 145 Å². The number of fused-ring (bicyclic) bond motifs is 1. The Hall–Kier alpha value is -1.38. The van der Waals surface area contributed by atoms with Gasteiger partial charge in [0.1, 0.15) is 0 Å². The van der Waals surface area contributed by atoms with E-state index < -0.39 is 24.1 Å². The lowest BCUT2D eigenvalue weighted by molar-refractivity contribution is -0.254. The average Bonchev–Trinajstić information content (AvgIpc) is 3.15. The van der Waals surface area contributed by atoms with Crippen molar-refractivity contribution in [2.24, 2.45) is 0 Å². The van der Waals surface area contributed by atoms with Crippen LogP contribution in [0.5, 0.6) is 0 Å². The van der Waals surface area contributed by atoms with Crippen LogP contribution in [0, 0.1) is 0 Å². The van der Waals surface area contributed by atoms with Crippen molar-refractivity contribution in [1.29, 1.82) is 0 Å². The van der Waals surface area contributed by atoms with Crippen LogP contribution in [0.2, 0.25) is 0 Å². The Kier molecular flexibility index (Phi) is 4.48. The fourth-order valence-electron chi connectivity index (χ4n) is 2.83. The molecule has 0 unspecified atom stereocenters. The van der Waals surface area contributed by atoms with Gasteiger partial charge in [0.2, 0.25) is 5.91 Å². The highest BCUT2D eigenvalue weighted by molar-refractivity contribution is 7.10. The van der Waals surface area contributed by atoms with Crippen LogP contribution in [-0.2, 0) is 11.2 Å². The molecular formula is C16H16F3NO2S2. The second-order valence-corrected chi connectivity index (χ2v) is 7.98. The van der Waals surface area contributed by atoms with Crippen molar-refractivity contribution in [3.05, 3.63) is 44.3 Å². The Balaban J connectivity index is 1.91. The zero-order chi connectivity index (χ0) is 17.5. The highest BCUT2D eigenvalue weighted by Crippen LogP contribution is 2.41. The van der Waals surface area contributed by atoms with Crippen molar-refractivity contribution in [3.63, 3.8) is 0 Å². The standard InChI is InChI=1S/C16H16F3NO2S2/c1-15(22,16(17,18)19)9-13(21)20-6-4-11-10(5-8-24-11)14(20)12-3-2-7-23-12/h2-3,5,7-8,14,22H,4,6,9H2,1H3/t14-,15-/m1/s1. The fourth-order valence-corrected chi connectivity index (χ4v) is 4.59. The lowest BCUT2D eigenvalue weighted by atomic mass is 9.95. The van der Waals surface area contributed by atoms with E-state index in [-0.39, 0.29) is 6.04 Å². The number of nitrogens with zero attached hydrogens (tertiary/aromatic N) is 1. The zero-order valence-electron chi connectivity index (χ0n) is 12.8. The maximum atomic E-state index is 12.9. The Morgan fingerprint density at radius 2 is 2.08 bits per heavy atom. The molecule has 3 nitrogen and oxygen atoms in total. The SMILES string of the molecule is C[C@@](O)(CC(=O)N1CCc2sccc2[C@@H]1c1cccs1)C(F)(F)F. The molecular weight excluding hydrogens is 359 g/mol. The van der Waals surface area contributed by atoms with Crippen molar-refractivity contribution in [3.8, 4) is 0 Å². The Morgan fingerprint density at radius 1 is 1.33 bits per heavy atom. The molecule has 3 rings (SSSR count). The van der Waals surface area contributed by atoms with E-state index in [0.29, 0.717) is 19.9 Å². The van der Waals surface area contributed by atoms with Crippen LogP contribution in [-0.4, -0.2) is 34.2 Å². The van der Waals surface area contributed by atoms with Crippen LogP contribution in [0.15, 0.2) is 29.0 Å². The summed E-state index contributed by atoms with van der Waals surface area (Å²) in [5.74, 6) is -0.687. The first-order valence-corrected chi connectivity index (χ1v) is 9.15. The molecule has 3 heterocycles. The van der Waals surface area contributed by atoms with Crippen molar-refractivity contribution >= 4 is 28.6 Å². The van der Waals surface area contributed by atoms with Gasteiger partial charge in [-0.2, -0.15) is 13.2 Å². The van der Waals surface area contributed by atoms with Gasteiger partial charge in [-0.25, -0.2) is 0 Å². The summed E-state index contributed by atoms with van der Waals surface area (Å²) in [6.45, 7) is 0.994. The lowest BCUT2D eigenvalue weighted by Crippen LogP contribution is -2.48. The van der Waals surface area contributed by atoms with E-state index in [0.717, 1.165) is 15.3 Å². The second kappa shape index (κ2) is 6.16. The largest absolute Gasteiger partial charge is 0.417 e. The van der Waals surface area contributed by atoms with Crippen molar-refractivity contribution in [2.45, 2.75) is 37.6 Å². The summed E-state index contributed by atoms with van der Waals surface area (Å²) in [6, 6.07) is 5.28. The van der Waals surface area contributed by atoms with E-state index in [1.165, 1.54) is 16.2 Å². The number of halogens is 3. The molecule has 24 heavy (non-hydrogen) atoms. The molecule has 2 atom stereocenters. The lowest BCUT2D eigenvalue weighted by Gasteiger charge is -2.37. The second-order valence-electron chi connectivity index (χ2n) is 6.00. The topological polar surface area (TPSA) is 40.5 Å². The number of alkyl halides is 3. The fraction of sp³-hybridized carbons (Fsp3) is 0.438. The quantitative estimate of drug-likeness (QED) is 0.881. The van der Waals surface area contributed by atoms with Crippen LogP contribution in [0.25, 0.3) is 0 Å². The molecule has 0 saturated carbocycles. The third-order valence-corrected chi connectivity index (χ3v) is 6.13. The number of rotatable bonds is 3. The molecule has 1 N–H and O–H groups in total. The molecule has 1 amide bonds. The first-order chi connectivity index (χ1) is 11.2. The third kappa shape index (κ3) is 3.10. The monoisotopic (exact) mass is 375 g/mol. The van der Waals surface area contributed by atoms with E-state index >= 15 is 0 Å². The molecule has 0 aromatic carbocycles. The summed E-state index contributed by atoms with van der Waals surface area (Å²) < 4.78 is 38.7. The minimum absolute atomic E-state index is 0.350. The predicted molar refractivity (Wildman–Crippen MR) is 87.2 cm³/mol. The summed E-state index contributed by atoms with van der Waals surface area (Å²) in [7, 11) is 0. The van der Waals surface area contributed by atoms with Gasteiger partial charge in [0.05, 0.1) is 12.5 Å². The average molecular weight is 375 g/mol.